The second-order valence-corrected chi connectivity index (χ2v) is 6.73. The minimum atomic E-state index is -0.0347. The highest BCUT2D eigenvalue weighted by Gasteiger charge is 2.11. The number of nitrogens with one attached hydrogen (secondary N) is 1. The third kappa shape index (κ3) is 4.60. The fraction of sp³-hybridized carbons (Fsp3) is 0.381. The molecule has 2 aromatic carbocycles. The van der Waals surface area contributed by atoms with Gasteiger partial charge in [0.05, 0.1) is 13.2 Å². The third-order valence-electron chi connectivity index (χ3n) is 4.61. The number of nitrogens with zero attached hydrogens (tertiary/aromatic N) is 1. The molecule has 4 heteroatoms. The number of morpholine rings is 1. The van der Waals surface area contributed by atoms with Gasteiger partial charge in [-0.25, -0.2) is 0 Å². The Morgan fingerprint density at radius 3 is 2.28 bits per heavy atom. The molecule has 1 saturated heterocycles. The van der Waals surface area contributed by atoms with Crippen molar-refractivity contribution in [2.75, 3.05) is 31.2 Å². The average Bonchev–Trinajstić information content (AvgIpc) is 2.67. The molecule has 0 atom stereocenters. The van der Waals surface area contributed by atoms with Crippen LogP contribution in [0.2, 0.25) is 0 Å². The lowest BCUT2D eigenvalue weighted by atomic mass is 10.0. The van der Waals surface area contributed by atoms with E-state index in [-0.39, 0.29) is 5.91 Å². The maximum Gasteiger partial charge on any atom is 0.251 e. The summed E-state index contributed by atoms with van der Waals surface area (Å²) in [5.41, 5.74) is 4.26. The highest BCUT2D eigenvalue weighted by Crippen LogP contribution is 2.17. The molecule has 4 nitrogen and oxygen atoms in total. The van der Waals surface area contributed by atoms with Crippen molar-refractivity contribution in [3.8, 4) is 0 Å². The van der Waals surface area contributed by atoms with Crippen LogP contribution in [0.5, 0.6) is 0 Å². The van der Waals surface area contributed by atoms with Crippen molar-refractivity contribution in [2.45, 2.75) is 26.3 Å². The Kier molecular flexibility index (Phi) is 5.71. The molecule has 2 aromatic rings. The Labute approximate surface area is 149 Å². The molecule has 1 aliphatic rings. The van der Waals surface area contributed by atoms with Crippen molar-refractivity contribution in [1.82, 2.24) is 5.32 Å². The minimum Gasteiger partial charge on any atom is -0.378 e. The third-order valence-corrected chi connectivity index (χ3v) is 4.61. The lowest BCUT2D eigenvalue weighted by Crippen LogP contribution is -2.36. The zero-order valence-corrected chi connectivity index (χ0v) is 15.0. The van der Waals surface area contributed by atoms with Crippen LogP contribution in [0.15, 0.2) is 48.5 Å². The van der Waals surface area contributed by atoms with Crippen LogP contribution in [0.3, 0.4) is 0 Å². The number of hydrogen-bond donors (Lipinski definition) is 1. The molecule has 1 fully saturated rings. The number of hydrogen-bond acceptors (Lipinski definition) is 3. The van der Waals surface area contributed by atoms with Crippen LogP contribution in [-0.2, 0) is 11.3 Å². The predicted molar refractivity (Wildman–Crippen MR) is 101 cm³/mol. The van der Waals surface area contributed by atoms with Gasteiger partial charge in [-0.05, 0) is 41.3 Å². The summed E-state index contributed by atoms with van der Waals surface area (Å²) in [6, 6.07) is 16.2. The van der Waals surface area contributed by atoms with Gasteiger partial charge in [0.15, 0.2) is 0 Å². The average molecular weight is 338 g/mol. The number of amides is 1. The largest absolute Gasteiger partial charge is 0.378 e. The van der Waals surface area contributed by atoms with Crippen LogP contribution in [0.25, 0.3) is 0 Å². The SMILES string of the molecule is CC(C)c1ccc(C(=O)NCc2ccc(N3CCOCC3)cc2)cc1. The topological polar surface area (TPSA) is 41.6 Å². The van der Waals surface area contributed by atoms with E-state index >= 15 is 0 Å². The molecule has 1 amide bonds. The van der Waals surface area contributed by atoms with Crippen molar-refractivity contribution < 1.29 is 9.53 Å². The van der Waals surface area contributed by atoms with E-state index in [4.69, 9.17) is 4.74 Å². The van der Waals surface area contributed by atoms with Crippen LogP contribution in [0.1, 0.15) is 41.3 Å². The smallest absolute Gasteiger partial charge is 0.251 e. The summed E-state index contributed by atoms with van der Waals surface area (Å²) < 4.78 is 5.38. The van der Waals surface area contributed by atoms with Crippen molar-refractivity contribution in [3.63, 3.8) is 0 Å². The maximum absolute atomic E-state index is 12.3. The van der Waals surface area contributed by atoms with Gasteiger partial charge in [-0.1, -0.05) is 38.1 Å². The van der Waals surface area contributed by atoms with Gasteiger partial charge in [-0.15, -0.1) is 0 Å². The van der Waals surface area contributed by atoms with Crippen LogP contribution < -0.4 is 10.2 Å². The van der Waals surface area contributed by atoms with Crippen LogP contribution >= 0.6 is 0 Å². The summed E-state index contributed by atoms with van der Waals surface area (Å²) in [6.07, 6.45) is 0. The van der Waals surface area contributed by atoms with E-state index in [0.717, 1.165) is 31.9 Å². The molecule has 1 aliphatic heterocycles. The molecule has 25 heavy (non-hydrogen) atoms. The number of ether oxygens (including phenoxy) is 1. The lowest BCUT2D eigenvalue weighted by molar-refractivity contribution is 0.0951. The molecule has 0 aliphatic carbocycles. The summed E-state index contributed by atoms with van der Waals surface area (Å²) in [7, 11) is 0. The van der Waals surface area contributed by atoms with Crippen molar-refractivity contribution in [2.24, 2.45) is 0 Å². The summed E-state index contributed by atoms with van der Waals surface area (Å²) >= 11 is 0. The Balaban J connectivity index is 1.54. The van der Waals surface area contributed by atoms with Crippen molar-refractivity contribution >= 4 is 11.6 Å². The summed E-state index contributed by atoms with van der Waals surface area (Å²) in [6.45, 7) is 8.27. The van der Waals surface area contributed by atoms with Crippen LogP contribution in [-0.4, -0.2) is 32.2 Å². The molecule has 0 unspecified atom stereocenters. The zero-order chi connectivity index (χ0) is 17.6. The van der Waals surface area contributed by atoms with Crippen LogP contribution in [0.4, 0.5) is 5.69 Å². The first-order chi connectivity index (χ1) is 12.1. The number of anilines is 1. The number of rotatable bonds is 5. The molecule has 0 aromatic heterocycles. The van der Waals surface area contributed by atoms with Gasteiger partial charge < -0.3 is 15.0 Å². The van der Waals surface area contributed by atoms with Gasteiger partial charge in [0, 0.05) is 30.9 Å². The Hall–Kier alpha value is -2.33. The van der Waals surface area contributed by atoms with Gasteiger partial charge in [0.2, 0.25) is 0 Å². The molecule has 0 bridgehead atoms. The van der Waals surface area contributed by atoms with E-state index in [2.05, 4.69) is 48.3 Å². The first kappa shape index (κ1) is 17.5. The highest BCUT2D eigenvalue weighted by atomic mass is 16.5. The summed E-state index contributed by atoms with van der Waals surface area (Å²) in [4.78, 5) is 14.6. The number of benzene rings is 2. The van der Waals surface area contributed by atoms with E-state index in [1.807, 2.05) is 24.3 Å². The molecule has 0 saturated carbocycles. The second kappa shape index (κ2) is 8.17. The van der Waals surface area contributed by atoms with Gasteiger partial charge in [0.25, 0.3) is 5.91 Å². The summed E-state index contributed by atoms with van der Waals surface area (Å²) in [5, 5.41) is 2.99. The molecule has 132 valence electrons. The zero-order valence-electron chi connectivity index (χ0n) is 15.0. The molecule has 0 radical (unpaired) electrons. The van der Waals surface area contributed by atoms with Gasteiger partial charge in [-0.2, -0.15) is 0 Å². The van der Waals surface area contributed by atoms with Crippen molar-refractivity contribution in [1.29, 1.82) is 0 Å². The van der Waals surface area contributed by atoms with Crippen LogP contribution in [0, 0.1) is 0 Å². The maximum atomic E-state index is 12.3. The molecular formula is C21H26N2O2. The van der Waals surface area contributed by atoms with Crippen molar-refractivity contribution in [3.05, 3.63) is 65.2 Å². The number of carbonyl (C=O) groups is 1. The Morgan fingerprint density at radius 2 is 1.68 bits per heavy atom. The van der Waals surface area contributed by atoms with Gasteiger partial charge in [-0.3, -0.25) is 4.79 Å². The van der Waals surface area contributed by atoms with E-state index in [1.165, 1.54) is 11.3 Å². The Bertz CT molecular complexity index is 687. The first-order valence-electron chi connectivity index (χ1n) is 8.93. The van der Waals surface area contributed by atoms with E-state index in [9.17, 15) is 4.79 Å². The first-order valence-corrected chi connectivity index (χ1v) is 8.93. The fourth-order valence-electron chi connectivity index (χ4n) is 2.95. The van der Waals surface area contributed by atoms with E-state index in [1.54, 1.807) is 0 Å². The van der Waals surface area contributed by atoms with E-state index in [0.29, 0.717) is 18.0 Å². The monoisotopic (exact) mass is 338 g/mol. The Morgan fingerprint density at radius 1 is 1.04 bits per heavy atom. The molecule has 3 rings (SSSR count). The van der Waals surface area contributed by atoms with Gasteiger partial charge in [0.1, 0.15) is 0 Å². The standard InChI is InChI=1S/C21H26N2O2/c1-16(2)18-5-7-19(8-6-18)21(24)22-15-17-3-9-20(10-4-17)23-11-13-25-14-12-23/h3-10,16H,11-15H2,1-2H3,(H,22,24). The molecule has 0 spiro atoms. The lowest BCUT2D eigenvalue weighted by Gasteiger charge is -2.28. The normalized spacial score (nSPS) is 14.6. The fourth-order valence-corrected chi connectivity index (χ4v) is 2.95. The molecule has 1 N–H and O–H groups in total. The second-order valence-electron chi connectivity index (χ2n) is 6.73. The highest BCUT2D eigenvalue weighted by molar-refractivity contribution is 5.94. The number of carbonyl (C=O) groups excluding carboxylic acids is 1. The van der Waals surface area contributed by atoms with E-state index < -0.39 is 0 Å². The minimum absolute atomic E-state index is 0.0347. The summed E-state index contributed by atoms with van der Waals surface area (Å²) in [5.74, 6) is 0.439. The quantitative estimate of drug-likeness (QED) is 0.906. The molecular weight excluding hydrogens is 312 g/mol. The predicted octanol–water partition coefficient (Wildman–Crippen LogP) is 3.58. The van der Waals surface area contributed by atoms with Gasteiger partial charge >= 0.3 is 0 Å². The molecule has 1 heterocycles.